The molecule has 1 unspecified atom stereocenters. The highest BCUT2D eigenvalue weighted by Crippen LogP contribution is 2.29. The Kier molecular flexibility index (Phi) is 3.73. The highest BCUT2D eigenvalue weighted by molar-refractivity contribution is 7.22. The first kappa shape index (κ1) is 13.1. The van der Waals surface area contributed by atoms with Gasteiger partial charge in [-0.05, 0) is 25.1 Å². The van der Waals surface area contributed by atoms with Gasteiger partial charge in [-0.2, -0.15) is 0 Å². The molecule has 1 atom stereocenters. The van der Waals surface area contributed by atoms with Crippen LogP contribution in [0.3, 0.4) is 0 Å². The molecule has 2 aromatic rings. The van der Waals surface area contributed by atoms with Gasteiger partial charge in [-0.1, -0.05) is 11.3 Å². The summed E-state index contributed by atoms with van der Waals surface area (Å²) in [6.45, 7) is 1.63. The second kappa shape index (κ2) is 5.12. The molecular formula is C12H14ClN3OS. The van der Waals surface area contributed by atoms with Gasteiger partial charge in [0.25, 0.3) is 0 Å². The zero-order chi connectivity index (χ0) is 13.3. The number of hydrogen-bond donors (Lipinski definition) is 1. The van der Waals surface area contributed by atoms with Crippen molar-refractivity contribution in [3.63, 3.8) is 0 Å². The Morgan fingerprint density at radius 3 is 2.83 bits per heavy atom. The van der Waals surface area contributed by atoms with E-state index in [1.807, 2.05) is 37.2 Å². The largest absolute Gasteiger partial charge is 0.378 e. The molecule has 2 rings (SSSR count). The fourth-order valence-corrected chi connectivity index (χ4v) is 2.41. The summed E-state index contributed by atoms with van der Waals surface area (Å²) in [6, 6.07) is 5.99. The molecule has 0 radical (unpaired) electrons. The van der Waals surface area contributed by atoms with Gasteiger partial charge in [0, 0.05) is 19.8 Å². The fourth-order valence-electron chi connectivity index (χ4n) is 1.45. The zero-order valence-corrected chi connectivity index (χ0v) is 12.0. The Bertz CT molecular complexity index is 580. The second-order valence-electron chi connectivity index (χ2n) is 4.17. The molecule has 0 spiro atoms. The molecule has 0 aliphatic heterocycles. The van der Waals surface area contributed by atoms with Crippen LogP contribution in [0.15, 0.2) is 18.2 Å². The van der Waals surface area contributed by atoms with E-state index < -0.39 is 5.38 Å². The minimum atomic E-state index is -0.561. The van der Waals surface area contributed by atoms with Crippen molar-refractivity contribution in [1.82, 2.24) is 4.98 Å². The smallest absolute Gasteiger partial charge is 0.243 e. The number of hydrogen-bond acceptors (Lipinski definition) is 4. The number of benzene rings is 1. The van der Waals surface area contributed by atoms with Crippen LogP contribution >= 0.6 is 22.9 Å². The molecule has 1 amide bonds. The summed E-state index contributed by atoms with van der Waals surface area (Å²) in [5, 5.41) is 2.72. The molecule has 96 valence electrons. The molecule has 0 aliphatic rings. The van der Waals surface area contributed by atoms with E-state index in [0.29, 0.717) is 5.13 Å². The molecule has 4 nitrogen and oxygen atoms in total. The number of amides is 1. The lowest BCUT2D eigenvalue weighted by Crippen LogP contribution is -2.19. The fraction of sp³-hybridized carbons (Fsp3) is 0.333. The number of fused-ring (bicyclic) bond motifs is 1. The van der Waals surface area contributed by atoms with Crippen molar-refractivity contribution in [2.24, 2.45) is 0 Å². The topological polar surface area (TPSA) is 45.2 Å². The Morgan fingerprint density at radius 1 is 1.50 bits per heavy atom. The number of rotatable bonds is 3. The van der Waals surface area contributed by atoms with Crippen molar-refractivity contribution in [2.45, 2.75) is 12.3 Å². The Balaban J connectivity index is 2.30. The Morgan fingerprint density at radius 2 is 2.22 bits per heavy atom. The van der Waals surface area contributed by atoms with Crippen LogP contribution in [0.4, 0.5) is 10.8 Å². The molecule has 0 fully saturated rings. The van der Waals surface area contributed by atoms with Crippen molar-refractivity contribution in [3.8, 4) is 0 Å². The lowest BCUT2D eigenvalue weighted by atomic mass is 10.3. The molecular weight excluding hydrogens is 270 g/mol. The monoisotopic (exact) mass is 283 g/mol. The number of carbonyl (C=O) groups is 1. The summed E-state index contributed by atoms with van der Waals surface area (Å²) in [5.41, 5.74) is 1.98. The average Bonchev–Trinajstić information content (AvgIpc) is 2.69. The van der Waals surface area contributed by atoms with E-state index in [0.717, 1.165) is 15.9 Å². The van der Waals surface area contributed by atoms with Gasteiger partial charge in [0.05, 0.1) is 10.2 Å². The van der Waals surface area contributed by atoms with Crippen LogP contribution in [0.5, 0.6) is 0 Å². The molecule has 1 N–H and O–H groups in total. The molecule has 1 aromatic heterocycles. The molecule has 0 bridgehead atoms. The number of carbonyl (C=O) groups excluding carboxylic acids is 1. The third-order valence-electron chi connectivity index (χ3n) is 2.48. The molecule has 0 saturated heterocycles. The molecule has 6 heteroatoms. The van der Waals surface area contributed by atoms with E-state index in [1.165, 1.54) is 11.3 Å². The van der Waals surface area contributed by atoms with Crippen molar-refractivity contribution < 1.29 is 4.79 Å². The number of nitrogens with zero attached hydrogens (tertiary/aromatic N) is 2. The van der Waals surface area contributed by atoms with Crippen molar-refractivity contribution in [3.05, 3.63) is 18.2 Å². The summed E-state index contributed by atoms with van der Waals surface area (Å²) in [5.74, 6) is -0.233. The van der Waals surface area contributed by atoms with Crippen LogP contribution in [-0.4, -0.2) is 30.4 Å². The lowest BCUT2D eigenvalue weighted by molar-refractivity contribution is -0.115. The predicted molar refractivity (Wildman–Crippen MR) is 77.9 cm³/mol. The number of nitrogens with one attached hydrogen (secondary N) is 1. The molecule has 0 aliphatic carbocycles. The standard InChI is InChI=1S/C12H14ClN3OS/c1-7(13)11(17)15-12-14-9-5-4-8(16(2)3)6-10(9)18-12/h4-7H,1-3H3,(H,14,15,17). The van der Waals surface area contributed by atoms with E-state index in [9.17, 15) is 4.79 Å². The van der Waals surface area contributed by atoms with Crippen LogP contribution < -0.4 is 10.2 Å². The van der Waals surface area contributed by atoms with E-state index in [-0.39, 0.29) is 5.91 Å². The van der Waals surface area contributed by atoms with E-state index in [1.54, 1.807) is 6.92 Å². The van der Waals surface area contributed by atoms with Crippen molar-refractivity contribution >= 4 is 49.9 Å². The summed E-state index contributed by atoms with van der Waals surface area (Å²) < 4.78 is 1.04. The van der Waals surface area contributed by atoms with Crippen LogP contribution in [0.2, 0.25) is 0 Å². The van der Waals surface area contributed by atoms with Gasteiger partial charge >= 0.3 is 0 Å². The number of halogens is 1. The second-order valence-corrected chi connectivity index (χ2v) is 5.86. The van der Waals surface area contributed by atoms with Gasteiger partial charge in [-0.15, -0.1) is 11.6 Å². The van der Waals surface area contributed by atoms with E-state index in [4.69, 9.17) is 11.6 Å². The van der Waals surface area contributed by atoms with Gasteiger partial charge in [0.15, 0.2) is 5.13 Å². The predicted octanol–water partition coefficient (Wildman–Crippen LogP) is 2.93. The van der Waals surface area contributed by atoms with Crippen molar-refractivity contribution in [2.75, 3.05) is 24.3 Å². The highest BCUT2D eigenvalue weighted by Gasteiger charge is 2.12. The normalized spacial score (nSPS) is 12.4. The molecule has 0 saturated carbocycles. The minimum absolute atomic E-state index is 0.233. The van der Waals surface area contributed by atoms with Crippen LogP contribution in [0.1, 0.15) is 6.92 Å². The number of aromatic nitrogens is 1. The Hall–Kier alpha value is -1.33. The molecule has 18 heavy (non-hydrogen) atoms. The van der Waals surface area contributed by atoms with E-state index in [2.05, 4.69) is 10.3 Å². The first-order valence-electron chi connectivity index (χ1n) is 5.50. The third-order valence-corrected chi connectivity index (χ3v) is 3.61. The SMILES string of the molecule is CC(Cl)C(=O)Nc1nc2ccc(N(C)C)cc2s1. The van der Waals surface area contributed by atoms with E-state index >= 15 is 0 Å². The minimum Gasteiger partial charge on any atom is -0.378 e. The Labute approximate surface area is 115 Å². The summed E-state index contributed by atoms with van der Waals surface area (Å²) >= 11 is 7.15. The quantitative estimate of drug-likeness (QED) is 0.881. The van der Waals surface area contributed by atoms with Crippen LogP contribution in [0, 0.1) is 0 Å². The maximum atomic E-state index is 11.5. The van der Waals surface area contributed by atoms with Gasteiger partial charge in [0.2, 0.25) is 5.91 Å². The van der Waals surface area contributed by atoms with Gasteiger partial charge < -0.3 is 10.2 Å². The number of thiazole rings is 1. The highest BCUT2D eigenvalue weighted by atomic mass is 35.5. The van der Waals surface area contributed by atoms with Gasteiger partial charge in [-0.25, -0.2) is 4.98 Å². The maximum Gasteiger partial charge on any atom is 0.243 e. The maximum absolute atomic E-state index is 11.5. The van der Waals surface area contributed by atoms with Crippen LogP contribution in [0.25, 0.3) is 10.2 Å². The van der Waals surface area contributed by atoms with Gasteiger partial charge in [-0.3, -0.25) is 4.79 Å². The van der Waals surface area contributed by atoms with Gasteiger partial charge in [0.1, 0.15) is 5.38 Å². The summed E-state index contributed by atoms with van der Waals surface area (Å²) in [6.07, 6.45) is 0. The summed E-state index contributed by atoms with van der Waals surface area (Å²) in [7, 11) is 3.97. The zero-order valence-electron chi connectivity index (χ0n) is 10.4. The average molecular weight is 284 g/mol. The number of anilines is 2. The first-order chi connectivity index (χ1) is 8.47. The van der Waals surface area contributed by atoms with Crippen LogP contribution in [-0.2, 0) is 4.79 Å². The lowest BCUT2D eigenvalue weighted by Gasteiger charge is -2.11. The number of alkyl halides is 1. The van der Waals surface area contributed by atoms with Crippen molar-refractivity contribution in [1.29, 1.82) is 0 Å². The first-order valence-corrected chi connectivity index (χ1v) is 6.75. The molecule has 1 heterocycles. The third kappa shape index (κ3) is 2.73. The molecule has 1 aromatic carbocycles. The summed E-state index contributed by atoms with van der Waals surface area (Å²) in [4.78, 5) is 17.9.